The minimum absolute atomic E-state index is 0.0944. The zero-order chi connectivity index (χ0) is 12.4. The number of halogens is 2. The van der Waals surface area contributed by atoms with Gasteiger partial charge in [-0.05, 0) is 64.8 Å². The van der Waals surface area contributed by atoms with Crippen LogP contribution in [0.5, 0.6) is 0 Å². The van der Waals surface area contributed by atoms with Gasteiger partial charge >= 0.3 is 0 Å². The van der Waals surface area contributed by atoms with E-state index in [0.29, 0.717) is 16.4 Å². The van der Waals surface area contributed by atoms with Crippen LogP contribution in [0.2, 0.25) is 0 Å². The van der Waals surface area contributed by atoms with Gasteiger partial charge in [0.15, 0.2) is 0 Å². The van der Waals surface area contributed by atoms with Crippen LogP contribution in [0, 0.1) is 5.82 Å². The van der Waals surface area contributed by atoms with Gasteiger partial charge in [0.25, 0.3) is 0 Å². The van der Waals surface area contributed by atoms with E-state index < -0.39 is 0 Å². The predicted octanol–water partition coefficient (Wildman–Crippen LogP) is 4.01. The van der Waals surface area contributed by atoms with Gasteiger partial charge in [-0.25, -0.2) is 4.39 Å². The van der Waals surface area contributed by atoms with Crippen LogP contribution in [0.1, 0.15) is 43.7 Å². The van der Waals surface area contributed by atoms with Gasteiger partial charge in [-0.1, -0.05) is 19.9 Å². The molecule has 1 unspecified atom stereocenters. The largest absolute Gasteiger partial charge is 0.314 e. The van der Waals surface area contributed by atoms with Gasteiger partial charge in [0.2, 0.25) is 0 Å². The summed E-state index contributed by atoms with van der Waals surface area (Å²) >= 11 is 3.32. The highest BCUT2D eigenvalue weighted by Crippen LogP contribution is 2.27. The lowest BCUT2D eigenvalue weighted by Crippen LogP contribution is -2.24. The molecule has 0 saturated carbocycles. The molecule has 1 atom stereocenters. The van der Waals surface area contributed by atoms with Gasteiger partial charge in [0.1, 0.15) is 5.82 Å². The Morgan fingerprint density at radius 1 is 1.47 bits per heavy atom. The lowest BCUT2D eigenvalue weighted by molar-refractivity contribution is 0.556. The molecule has 0 amide bonds. The predicted molar refractivity (Wildman–Crippen MR) is 72.9 cm³/mol. The van der Waals surface area contributed by atoms with E-state index in [0.717, 1.165) is 24.9 Å². The van der Waals surface area contributed by atoms with E-state index in [1.54, 1.807) is 0 Å². The second-order valence-electron chi connectivity index (χ2n) is 5.13. The number of hydrogen-bond donors (Lipinski definition) is 1. The van der Waals surface area contributed by atoms with Crippen molar-refractivity contribution < 1.29 is 4.39 Å². The molecule has 0 bridgehead atoms. The highest BCUT2D eigenvalue weighted by molar-refractivity contribution is 9.10. The van der Waals surface area contributed by atoms with Crippen molar-refractivity contribution in [1.82, 2.24) is 5.32 Å². The first-order valence-electron chi connectivity index (χ1n) is 6.29. The minimum Gasteiger partial charge on any atom is -0.314 e. The Morgan fingerprint density at radius 2 is 2.24 bits per heavy atom. The van der Waals surface area contributed by atoms with Crippen LogP contribution < -0.4 is 5.32 Å². The number of benzene rings is 1. The molecule has 94 valence electrons. The Balaban J connectivity index is 2.24. The van der Waals surface area contributed by atoms with Gasteiger partial charge in [-0.15, -0.1) is 0 Å². The lowest BCUT2D eigenvalue weighted by Gasteiger charge is -2.15. The molecule has 3 heteroatoms. The summed E-state index contributed by atoms with van der Waals surface area (Å²) in [6, 6.07) is 4.36. The molecule has 1 aliphatic heterocycles. The zero-order valence-electron chi connectivity index (χ0n) is 10.4. The highest BCUT2D eigenvalue weighted by atomic mass is 79.9. The first-order valence-corrected chi connectivity index (χ1v) is 7.08. The summed E-state index contributed by atoms with van der Waals surface area (Å²) in [6.45, 7) is 5.34. The van der Waals surface area contributed by atoms with Crippen molar-refractivity contribution in [3.8, 4) is 0 Å². The van der Waals surface area contributed by atoms with Crippen LogP contribution in [0.25, 0.3) is 0 Å². The molecule has 1 aromatic carbocycles. The molecule has 1 heterocycles. The molecule has 1 fully saturated rings. The van der Waals surface area contributed by atoms with Crippen molar-refractivity contribution in [1.29, 1.82) is 0 Å². The number of hydrogen-bond acceptors (Lipinski definition) is 1. The van der Waals surface area contributed by atoms with Gasteiger partial charge < -0.3 is 5.32 Å². The second kappa shape index (κ2) is 5.49. The van der Waals surface area contributed by atoms with Crippen molar-refractivity contribution >= 4 is 15.9 Å². The van der Waals surface area contributed by atoms with Gasteiger partial charge in [0, 0.05) is 6.04 Å². The SMILES string of the molecule is CC(C)c1cc(Br)c(F)c(CC2CCCN2)c1. The van der Waals surface area contributed by atoms with E-state index in [2.05, 4.69) is 35.1 Å². The van der Waals surface area contributed by atoms with E-state index in [4.69, 9.17) is 0 Å². The molecule has 0 spiro atoms. The van der Waals surface area contributed by atoms with Crippen LogP contribution in [0.4, 0.5) is 4.39 Å². The topological polar surface area (TPSA) is 12.0 Å². The Kier molecular flexibility index (Phi) is 4.21. The molecule has 1 nitrogen and oxygen atoms in total. The van der Waals surface area contributed by atoms with Crippen molar-refractivity contribution in [2.75, 3.05) is 6.54 Å². The van der Waals surface area contributed by atoms with Crippen molar-refractivity contribution in [3.63, 3.8) is 0 Å². The van der Waals surface area contributed by atoms with E-state index >= 15 is 0 Å². The second-order valence-corrected chi connectivity index (χ2v) is 5.98. The third-order valence-electron chi connectivity index (χ3n) is 3.42. The van der Waals surface area contributed by atoms with Crippen LogP contribution >= 0.6 is 15.9 Å². The Morgan fingerprint density at radius 3 is 2.82 bits per heavy atom. The first-order chi connectivity index (χ1) is 8.08. The molecule has 0 aliphatic carbocycles. The molecule has 1 N–H and O–H groups in total. The summed E-state index contributed by atoms with van der Waals surface area (Å²) in [5.41, 5.74) is 2.04. The van der Waals surface area contributed by atoms with Crippen molar-refractivity contribution in [2.24, 2.45) is 0 Å². The third kappa shape index (κ3) is 3.08. The standard InChI is InChI=1S/C14H19BrFN/c1-9(2)10-6-11(14(16)13(15)8-10)7-12-4-3-5-17-12/h6,8-9,12,17H,3-5,7H2,1-2H3. The van der Waals surface area contributed by atoms with Crippen molar-refractivity contribution in [3.05, 3.63) is 33.5 Å². The van der Waals surface area contributed by atoms with Gasteiger partial charge in [0.05, 0.1) is 4.47 Å². The summed E-state index contributed by atoms with van der Waals surface area (Å²) in [4.78, 5) is 0. The summed E-state index contributed by atoms with van der Waals surface area (Å²) < 4.78 is 14.6. The first kappa shape index (κ1) is 13.0. The fraction of sp³-hybridized carbons (Fsp3) is 0.571. The Hall–Kier alpha value is -0.410. The maximum absolute atomic E-state index is 14.0. The molecule has 0 radical (unpaired) electrons. The van der Waals surface area contributed by atoms with Crippen LogP contribution in [-0.2, 0) is 6.42 Å². The average Bonchev–Trinajstić information content (AvgIpc) is 2.77. The van der Waals surface area contributed by atoms with Crippen molar-refractivity contribution in [2.45, 2.75) is 45.1 Å². The molecular formula is C14H19BrFN. The normalized spacial score (nSPS) is 20.2. The Bertz CT molecular complexity index is 397. The van der Waals surface area contributed by atoms with E-state index in [1.807, 2.05) is 12.1 Å². The average molecular weight is 300 g/mol. The summed E-state index contributed by atoms with van der Waals surface area (Å²) in [6.07, 6.45) is 3.16. The highest BCUT2D eigenvalue weighted by Gasteiger charge is 2.18. The maximum atomic E-state index is 14.0. The fourth-order valence-electron chi connectivity index (χ4n) is 2.35. The minimum atomic E-state index is -0.0944. The molecule has 1 saturated heterocycles. The summed E-state index contributed by atoms with van der Waals surface area (Å²) in [5, 5.41) is 3.42. The van der Waals surface area contributed by atoms with E-state index in [-0.39, 0.29) is 5.82 Å². The molecule has 0 aromatic heterocycles. The van der Waals surface area contributed by atoms with E-state index in [9.17, 15) is 4.39 Å². The fourth-order valence-corrected chi connectivity index (χ4v) is 2.87. The third-order valence-corrected chi connectivity index (χ3v) is 4.00. The van der Waals surface area contributed by atoms with Crippen LogP contribution in [0.3, 0.4) is 0 Å². The zero-order valence-corrected chi connectivity index (χ0v) is 12.0. The molecular weight excluding hydrogens is 281 g/mol. The lowest BCUT2D eigenvalue weighted by atomic mass is 9.97. The summed E-state index contributed by atoms with van der Waals surface area (Å²) in [7, 11) is 0. The van der Waals surface area contributed by atoms with Gasteiger partial charge in [-0.2, -0.15) is 0 Å². The van der Waals surface area contributed by atoms with Crippen LogP contribution in [-0.4, -0.2) is 12.6 Å². The van der Waals surface area contributed by atoms with Crippen LogP contribution in [0.15, 0.2) is 16.6 Å². The Labute approximate surface area is 111 Å². The number of nitrogens with one attached hydrogen (secondary N) is 1. The smallest absolute Gasteiger partial charge is 0.140 e. The molecule has 17 heavy (non-hydrogen) atoms. The molecule has 1 aliphatic rings. The quantitative estimate of drug-likeness (QED) is 0.889. The number of rotatable bonds is 3. The summed E-state index contributed by atoms with van der Waals surface area (Å²) in [5.74, 6) is 0.338. The monoisotopic (exact) mass is 299 g/mol. The molecule has 1 aromatic rings. The maximum Gasteiger partial charge on any atom is 0.140 e. The van der Waals surface area contributed by atoms with Gasteiger partial charge in [-0.3, -0.25) is 0 Å². The van der Waals surface area contributed by atoms with E-state index in [1.165, 1.54) is 12.0 Å². The molecule has 2 rings (SSSR count).